The van der Waals surface area contributed by atoms with Gasteiger partial charge in [-0.3, -0.25) is 4.40 Å². The van der Waals surface area contributed by atoms with Crippen molar-refractivity contribution in [3.63, 3.8) is 0 Å². The zero-order valence-electron chi connectivity index (χ0n) is 11.3. The van der Waals surface area contributed by atoms with Gasteiger partial charge in [-0.1, -0.05) is 12.1 Å². The number of aromatic nitrogens is 2. The molecule has 0 spiro atoms. The summed E-state index contributed by atoms with van der Waals surface area (Å²) >= 11 is 1.51. The van der Waals surface area contributed by atoms with E-state index < -0.39 is 10.0 Å². The van der Waals surface area contributed by atoms with Crippen molar-refractivity contribution in [2.75, 3.05) is 12.8 Å². The maximum Gasteiger partial charge on any atom is 0.262 e. The van der Waals surface area contributed by atoms with Crippen LogP contribution in [0.15, 0.2) is 46.9 Å². The topological polar surface area (TPSA) is 80.7 Å². The van der Waals surface area contributed by atoms with Gasteiger partial charge in [0, 0.05) is 24.7 Å². The zero-order valence-corrected chi connectivity index (χ0v) is 12.9. The Morgan fingerprint density at radius 1 is 1.33 bits per heavy atom. The van der Waals surface area contributed by atoms with Crippen molar-refractivity contribution >= 4 is 32.8 Å². The van der Waals surface area contributed by atoms with Crippen molar-refractivity contribution in [1.82, 2.24) is 13.7 Å². The molecule has 3 aromatic heterocycles. The van der Waals surface area contributed by atoms with Crippen molar-refractivity contribution in [2.24, 2.45) is 0 Å². The molecule has 6 nitrogen and oxygen atoms in total. The number of rotatable bonds is 4. The molecule has 3 aromatic rings. The van der Waals surface area contributed by atoms with Crippen LogP contribution in [0.2, 0.25) is 0 Å². The summed E-state index contributed by atoms with van der Waals surface area (Å²) in [6.45, 7) is 0.305. The molecule has 0 bridgehead atoms. The van der Waals surface area contributed by atoms with Crippen LogP contribution in [0.5, 0.6) is 0 Å². The Hall–Kier alpha value is -1.90. The standard InChI is InChI=1S/C13H14N4O2S2/c1-16(9-10-5-4-8-20-10)21(18,19)13-12(14)15-11-6-2-3-7-17(11)13/h2-8H,9,14H2,1H3. The van der Waals surface area contributed by atoms with Crippen LogP contribution in [0.4, 0.5) is 5.82 Å². The highest BCUT2D eigenvalue weighted by Gasteiger charge is 2.28. The van der Waals surface area contributed by atoms with Crippen LogP contribution in [0.25, 0.3) is 5.65 Å². The Morgan fingerprint density at radius 2 is 2.14 bits per heavy atom. The van der Waals surface area contributed by atoms with Gasteiger partial charge < -0.3 is 5.73 Å². The van der Waals surface area contributed by atoms with E-state index in [0.29, 0.717) is 12.2 Å². The molecule has 8 heteroatoms. The molecular weight excluding hydrogens is 308 g/mol. The number of anilines is 1. The number of pyridine rings is 1. The minimum Gasteiger partial charge on any atom is -0.381 e. The van der Waals surface area contributed by atoms with E-state index in [1.807, 2.05) is 17.5 Å². The summed E-state index contributed by atoms with van der Waals surface area (Å²) in [6, 6.07) is 9.03. The molecule has 0 aliphatic carbocycles. The fourth-order valence-electron chi connectivity index (χ4n) is 2.10. The molecule has 0 saturated carbocycles. The van der Waals surface area contributed by atoms with Gasteiger partial charge in [-0.05, 0) is 23.6 Å². The van der Waals surface area contributed by atoms with Gasteiger partial charge in [-0.15, -0.1) is 11.3 Å². The van der Waals surface area contributed by atoms with Crippen molar-refractivity contribution in [3.8, 4) is 0 Å². The highest BCUT2D eigenvalue weighted by molar-refractivity contribution is 7.89. The first-order valence-corrected chi connectivity index (χ1v) is 8.53. The molecule has 0 atom stereocenters. The van der Waals surface area contributed by atoms with Crippen molar-refractivity contribution < 1.29 is 8.42 Å². The maximum atomic E-state index is 12.7. The first-order chi connectivity index (χ1) is 10.00. The Morgan fingerprint density at radius 3 is 2.86 bits per heavy atom. The van der Waals surface area contributed by atoms with E-state index in [4.69, 9.17) is 5.73 Å². The summed E-state index contributed by atoms with van der Waals surface area (Å²) in [5, 5.41) is 1.93. The quantitative estimate of drug-likeness (QED) is 0.794. The molecule has 0 unspecified atom stereocenters. The number of imidazole rings is 1. The van der Waals surface area contributed by atoms with Crippen LogP contribution in [-0.4, -0.2) is 29.2 Å². The first-order valence-electron chi connectivity index (χ1n) is 6.21. The second kappa shape index (κ2) is 5.14. The minimum atomic E-state index is -3.71. The molecule has 21 heavy (non-hydrogen) atoms. The number of thiophene rings is 1. The second-order valence-corrected chi connectivity index (χ2v) is 7.56. The lowest BCUT2D eigenvalue weighted by Gasteiger charge is -2.16. The Labute approximate surface area is 126 Å². The van der Waals surface area contributed by atoms with Gasteiger partial charge in [0.25, 0.3) is 10.0 Å². The van der Waals surface area contributed by atoms with Gasteiger partial charge in [0.2, 0.25) is 0 Å². The van der Waals surface area contributed by atoms with Crippen molar-refractivity contribution in [2.45, 2.75) is 11.6 Å². The van der Waals surface area contributed by atoms with E-state index in [0.717, 1.165) is 4.88 Å². The molecular formula is C13H14N4O2S2. The fraction of sp³-hybridized carbons (Fsp3) is 0.154. The fourth-order valence-corrected chi connectivity index (χ4v) is 4.26. The molecule has 0 aromatic carbocycles. The molecule has 0 fully saturated rings. The number of fused-ring (bicyclic) bond motifs is 1. The highest BCUT2D eigenvalue weighted by atomic mass is 32.2. The molecule has 2 N–H and O–H groups in total. The number of sulfonamides is 1. The van der Waals surface area contributed by atoms with E-state index >= 15 is 0 Å². The number of nitrogens with zero attached hydrogens (tertiary/aromatic N) is 3. The van der Waals surface area contributed by atoms with Crippen LogP contribution in [0.1, 0.15) is 4.88 Å². The lowest BCUT2D eigenvalue weighted by atomic mass is 10.5. The predicted molar refractivity (Wildman–Crippen MR) is 82.6 cm³/mol. The predicted octanol–water partition coefficient (Wildman–Crippen LogP) is 1.80. The molecule has 0 amide bonds. The second-order valence-electron chi connectivity index (χ2n) is 4.57. The van der Waals surface area contributed by atoms with Crippen LogP contribution < -0.4 is 5.73 Å². The van der Waals surface area contributed by atoms with Gasteiger partial charge in [-0.25, -0.2) is 13.4 Å². The summed E-state index contributed by atoms with van der Waals surface area (Å²) < 4.78 is 28.3. The zero-order chi connectivity index (χ0) is 15.0. The lowest BCUT2D eigenvalue weighted by molar-refractivity contribution is 0.466. The summed E-state index contributed by atoms with van der Waals surface area (Å²) in [6.07, 6.45) is 1.64. The van der Waals surface area contributed by atoms with Gasteiger partial charge in [0.15, 0.2) is 10.8 Å². The minimum absolute atomic E-state index is 0.0113. The molecule has 3 rings (SSSR count). The van der Waals surface area contributed by atoms with Gasteiger partial charge in [0.05, 0.1) is 0 Å². The summed E-state index contributed by atoms with van der Waals surface area (Å²) in [5.74, 6) is 0.0132. The smallest absolute Gasteiger partial charge is 0.262 e. The van der Waals surface area contributed by atoms with Gasteiger partial charge >= 0.3 is 0 Å². The molecule has 0 saturated heterocycles. The molecule has 3 heterocycles. The molecule has 0 radical (unpaired) electrons. The number of nitrogen functional groups attached to an aromatic ring is 1. The van der Waals surface area contributed by atoms with Crippen LogP contribution in [0, 0.1) is 0 Å². The molecule has 0 aliphatic heterocycles. The average molecular weight is 322 g/mol. The SMILES string of the molecule is CN(Cc1cccs1)S(=O)(=O)c1c(N)nc2ccccn12. The number of nitrogens with two attached hydrogens (primary N) is 1. The van der Waals surface area contributed by atoms with Crippen molar-refractivity contribution in [1.29, 1.82) is 0 Å². The third-order valence-corrected chi connectivity index (χ3v) is 5.83. The van der Waals surface area contributed by atoms with Crippen LogP contribution >= 0.6 is 11.3 Å². The van der Waals surface area contributed by atoms with Crippen LogP contribution in [-0.2, 0) is 16.6 Å². The normalized spacial score (nSPS) is 12.3. The third-order valence-electron chi connectivity index (χ3n) is 3.12. The maximum absolute atomic E-state index is 12.7. The van der Waals surface area contributed by atoms with E-state index in [1.165, 1.54) is 27.1 Å². The number of hydrogen-bond acceptors (Lipinski definition) is 5. The van der Waals surface area contributed by atoms with E-state index in [9.17, 15) is 8.42 Å². The summed E-state index contributed by atoms with van der Waals surface area (Å²) in [7, 11) is -2.18. The van der Waals surface area contributed by atoms with E-state index in [1.54, 1.807) is 24.4 Å². The van der Waals surface area contributed by atoms with E-state index in [2.05, 4.69) is 4.98 Å². The van der Waals surface area contributed by atoms with Crippen molar-refractivity contribution in [3.05, 3.63) is 46.8 Å². The van der Waals surface area contributed by atoms with E-state index in [-0.39, 0.29) is 10.8 Å². The first kappa shape index (κ1) is 14.1. The lowest BCUT2D eigenvalue weighted by Crippen LogP contribution is -2.27. The summed E-state index contributed by atoms with van der Waals surface area (Å²) in [4.78, 5) is 5.06. The largest absolute Gasteiger partial charge is 0.381 e. The Bertz CT molecular complexity index is 869. The third kappa shape index (κ3) is 2.41. The summed E-state index contributed by atoms with van der Waals surface area (Å²) in [5.41, 5.74) is 6.33. The number of hydrogen-bond donors (Lipinski definition) is 1. The molecule has 0 aliphatic rings. The Kier molecular flexibility index (Phi) is 3.44. The monoisotopic (exact) mass is 322 g/mol. The molecule has 110 valence electrons. The van der Waals surface area contributed by atoms with Gasteiger partial charge in [0.1, 0.15) is 5.65 Å². The highest BCUT2D eigenvalue weighted by Crippen LogP contribution is 2.24. The van der Waals surface area contributed by atoms with Gasteiger partial charge in [-0.2, -0.15) is 4.31 Å². The van der Waals surface area contributed by atoms with Crippen LogP contribution in [0.3, 0.4) is 0 Å². The average Bonchev–Trinajstić information content (AvgIpc) is 3.04. The Balaban J connectivity index is 2.06.